The van der Waals surface area contributed by atoms with Crippen LogP contribution in [0, 0.1) is 17.1 Å². The summed E-state index contributed by atoms with van der Waals surface area (Å²) in [5.41, 5.74) is 0.924. The molecule has 0 radical (unpaired) electrons. The molecule has 32 heavy (non-hydrogen) atoms. The van der Waals surface area contributed by atoms with Gasteiger partial charge in [0.25, 0.3) is 5.91 Å². The predicted molar refractivity (Wildman–Crippen MR) is 112 cm³/mol. The average Bonchev–Trinajstić information content (AvgIpc) is 3.50. The summed E-state index contributed by atoms with van der Waals surface area (Å²) < 4.78 is 22.6. The van der Waals surface area contributed by atoms with E-state index < -0.39 is 5.82 Å². The third kappa shape index (κ3) is 4.68. The van der Waals surface area contributed by atoms with Crippen LogP contribution < -0.4 is 5.32 Å². The lowest BCUT2D eigenvalue weighted by Crippen LogP contribution is -2.36. The zero-order chi connectivity index (χ0) is 22.7. The van der Waals surface area contributed by atoms with E-state index in [1.165, 1.54) is 12.1 Å². The standard InChI is InChI=1S/C21H17ClFN7O2/c1-13(26-21(31)20-8-15(32-28-20)11-29-5-3-25-12-29)10-30-4-2-19(27-30)14-6-17(22)16(9-24)18(23)7-14/h2-8,12-13H,10-11H2,1H3,(H,26,31)/t13-/m0/s1. The van der Waals surface area contributed by atoms with Crippen molar-refractivity contribution in [1.82, 2.24) is 29.8 Å². The molecular weight excluding hydrogens is 437 g/mol. The number of halogens is 2. The molecule has 0 spiro atoms. The van der Waals surface area contributed by atoms with E-state index in [1.807, 2.05) is 6.92 Å². The number of amides is 1. The number of carbonyl (C=O) groups excluding carboxylic acids is 1. The van der Waals surface area contributed by atoms with Gasteiger partial charge in [0.15, 0.2) is 11.5 Å². The maximum atomic E-state index is 14.0. The quantitative estimate of drug-likeness (QED) is 0.459. The first kappa shape index (κ1) is 21.3. The summed E-state index contributed by atoms with van der Waals surface area (Å²) in [5, 5.41) is 20.0. The molecule has 0 aliphatic rings. The van der Waals surface area contributed by atoms with Gasteiger partial charge in [-0.1, -0.05) is 16.8 Å². The number of nitrogens with one attached hydrogen (secondary N) is 1. The van der Waals surface area contributed by atoms with E-state index in [9.17, 15) is 9.18 Å². The molecule has 0 aliphatic carbocycles. The molecule has 3 aromatic heterocycles. The zero-order valence-corrected chi connectivity index (χ0v) is 17.6. The zero-order valence-electron chi connectivity index (χ0n) is 16.9. The van der Waals surface area contributed by atoms with Gasteiger partial charge in [0, 0.05) is 36.3 Å². The highest BCUT2D eigenvalue weighted by atomic mass is 35.5. The van der Waals surface area contributed by atoms with Gasteiger partial charge in [0.1, 0.15) is 17.4 Å². The van der Waals surface area contributed by atoms with Crippen LogP contribution >= 0.6 is 11.6 Å². The van der Waals surface area contributed by atoms with Crippen molar-refractivity contribution < 1.29 is 13.7 Å². The summed E-state index contributed by atoms with van der Waals surface area (Å²) in [6.07, 6.45) is 6.78. The minimum Gasteiger partial charge on any atom is -0.359 e. The lowest BCUT2D eigenvalue weighted by atomic mass is 10.1. The van der Waals surface area contributed by atoms with Crippen LogP contribution in [0.5, 0.6) is 0 Å². The van der Waals surface area contributed by atoms with Crippen molar-refractivity contribution in [2.75, 3.05) is 0 Å². The smallest absolute Gasteiger partial charge is 0.273 e. The Bertz CT molecular complexity index is 1270. The van der Waals surface area contributed by atoms with Crippen LogP contribution in [0.4, 0.5) is 4.39 Å². The van der Waals surface area contributed by atoms with Crippen LogP contribution in [-0.2, 0) is 13.1 Å². The molecule has 0 bridgehead atoms. The van der Waals surface area contributed by atoms with Crippen molar-refractivity contribution in [3.63, 3.8) is 0 Å². The van der Waals surface area contributed by atoms with E-state index in [-0.39, 0.29) is 28.2 Å². The van der Waals surface area contributed by atoms with Crippen molar-refractivity contribution in [2.45, 2.75) is 26.1 Å². The topological polar surface area (TPSA) is 115 Å². The maximum Gasteiger partial charge on any atom is 0.273 e. The summed E-state index contributed by atoms with van der Waals surface area (Å²) in [7, 11) is 0. The number of carbonyl (C=O) groups is 1. The molecule has 162 valence electrons. The SMILES string of the molecule is C[C@@H](Cn1ccc(-c2cc(F)c(C#N)c(Cl)c2)n1)NC(=O)c1cc(Cn2ccnc2)on1. The molecule has 3 heterocycles. The summed E-state index contributed by atoms with van der Waals surface area (Å²) in [4.78, 5) is 16.4. The van der Waals surface area contributed by atoms with Crippen LogP contribution in [0.2, 0.25) is 5.02 Å². The van der Waals surface area contributed by atoms with Gasteiger partial charge >= 0.3 is 0 Å². The van der Waals surface area contributed by atoms with Crippen LogP contribution in [0.1, 0.15) is 28.7 Å². The Morgan fingerprint density at radius 2 is 2.22 bits per heavy atom. The number of hydrogen-bond donors (Lipinski definition) is 1. The third-order valence-corrected chi connectivity index (χ3v) is 4.92. The van der Waals surface area contributed by atoms with Gasteiger partial charge < -0.3 is 14.4 Å². The van der Waals surface area contributed by atoms with E-state index in [0.717, 1.165) is 0 Å². The number of nitriles is 1. The number of imidazole rings is 1. The van der Waals surface area contributed by atoms with Gasteiger partial charge in [-0.2, -0.15) is 10.4 Å². The fraction of sp³-hybridized carbons (Fsp3) is 0.190. The molecule has 1 N–H and O–H groups in total. The van der Waals surface area contributed by atoms with Gasteiger partial charge in [-0.05, 0) is 25.1 Å². The molecule has 0 unspecified atom stereocenters. The number of benzene rings is 1. The molecule has 0 saturated carbocycles. The fourth-order valence-corrected chi connectivity index (χ4v) is 3.37. The van der Waals surface area contributed by atoms with Crippen LogP contribution in [0.3, 0.4) is 0 Å². The largest absolute Gasteiger partial charge is 0.359 e. The predicted octanol–water partition coefficient (Wildman–Crippen LogP) is 3.27. The number of hydrogen-bond acceptors (Lipinski definition) is 6. The highest BCUT2D eigenvalue weighted by Gasteiger charge is 2.17. The van der Waals surface area contributed by atoms with Crippen LogP contribution in [0.15, 0.2) is 53.7 Å². The van der Waals surface area contributed by atoms with Crippen molar-refractivity contribution >= 4 is 17.5 Å². The molecule has 4 rings (SSSR count). The van der Waals surface area contributed by atoms with E-state index in [4.69, 9.17) is 21.4 Å². The van der Waals surface area contributed by atoms with E-state index in [2.05, 4.69) is 20.6 Å². The molecule has 1 amide bonds. The Balaban J connectivity index is 1.37. The molecule has 1 aromatic carbocycles. The number of aromatic nitrogens is 5. The van der Waals surface area contributed by atoms with Crippen LogP contribution in [-0.4, -0.2) is 36.4 Å². The monoisotopic (exact) mass is 453 g/mol. The summed E-state index contributed by atoms with van der Waals surface area (Å²) >= 11 is 5.97. The second-order valence-corrected chi connectivity index (χ2v) is 7.54. The molecule has 9 nitrogen and oxygen atoms in total. The second-order valence-electron chi connectivity index (χ2n) is 7.14. The Hall–Kier alpha value is -3.97. The number of rotatable bonds is 7. The van der Waals surface area contributed by atoms with Crippen LogP contribution in [0.25, 0.3) is 11.3 Å². The highest BCUT2D eigenvalue weighted by Crippen LogP contribution is 2.26. The molecule has 11 heteroatoms. The highest BCUT2D eigenvalue weighted by molar-refractivity contribution is 6.32. The molecule has 0 aliphatic heterocycles. The normalized spacial score (nSPS) is 11.8. The lowest BCUT2D eigenvalue weighted by molar-refractivity contribution is 0.0926. The molecular formula is C21H17ClFN7O2. The first-order valence-electron chi connectivity index (χ1n) is 9.58. The lowest BCUT2D eigenvalue weighted by Gasteiger charge is -2.12. The van der Waals surface area contributed by atoms with Gasteiger partial charge in [0.05, 0.1) is 30.1 Å². The third-order valence-electron chi connectivity index (χ3n) is 4.62. The molecule has 0 saturated heterocycles. The van der Waals surface area contributed by atoms with E-state index >= 15 is 0 Å². The number of nitrogens with zero attached hydrogens (tertiary/aromatic N) is 6. The first-order chi connectivity index (χ1) is 15.4. The van der Waals surface area contributed by atoms with E-state index in [0.29, 0.717) is 30.1 Å². The van der Waals surface area contributed by atoms with E-state index in [1.54, 1.807) is 52.4 Å². The fourth-order valence-electron chi connectivity index (χ4n) is 3.12. The van der Waals surface area contributed by atoms with Crippen molar-refractivity contribution in [2.24, 2.45) is 0 Å². The average molecular weight is 454 g/mol. The summed E-state index contributed by atoms with van der Waals surface area (Å²) in [5.74, 6) is -0.539. The summed E-state index contributed by atoms with van der Waals surface area (Å²) in [6.45, 7) is 2.62. The Morgan fingerprint density at radius 3 is 2.94 bits per heavy atom. The Morgan fingerprint density at radius 1 is 1.38 bits per heavy atom. The first-order valence-corrected chi connectivity index (χ1v) is 9.96. The second kappa shape index (κ2) is 9.03. The molecule has 1 atom stereocenters. The maximum absolute atomic E-state index is 14.0. The van der Waals surface area contributed by atoms with Gasteiger partial charge in [-0.3, -0.25) is 9.48 Å². The Kier molecular flexibility index (Phi) is 6.00. The molecule has 4 aromatic rings. The van der Waals surface area contributed by atoms with Gasteiger partial charge in [-0.15, -0.1) is 0 Å². The van der Waals surface area contributed by atoms with Gasteiger partial charge in [-0.25, -0.2) is 9.37 Å². The molecule has 0 fully saturated rings. The minimum atomic E-state index is -0.704. The van der Waals surface area contributed by atoms with Gasteiger partial charge in [0.2, 0.25) is 0 Å². The minimum absolute atomic E-state index is 0.0256. The van der Waals surface area contributed by atoms with Crippen molar-refractivity contribution in [3.05, 3.63) is 77.0 Å². The Labute approximate surface area is 187 Å². The summed E-state index contributed by atoms with van der Waals surface area (Å²) in [6, 6.07) is 7.45. The van der Waals surface area contributed by atoms with Crippen molar-refractivity contribution in [3.8, 4) is 17.3 Å². The van der Waals surface area contributed by atoms with Crippen molar-refractivity contribution in [1.29, 1.82) is 5.26 Å².